The zero-order valence-electron chi connectivity index (χ0n) is 26.8. The summed E-state index contributed by atoms with van der Waals surface area (Å²) in [6, 6.07) is 3.29. The third-order valence-electron chi connectivity index (χ3n) is 7.04. The van der Waals surface area contributed by atoms with E-state index < -0.39 is 42.7 Å². The van der Waals surface area contributed by atoms with Crippen LogP contribution in [0.3, 0.4) is 0 Å². The normalized spacial score (nSPS) is 15.6. The number of hydrogen-bond donors (Lipinski definition) is 1. The monoisotopic (exact) mass is 623 g/mol. The Morgan fingerprint density at radius 1 is 0.750 bits per heavy atom. The first-order valence-electron chi connectivity index (χ1n) is 15.5. The molecule has 1 aromatic carbocycles. The highest BCUT2D eigenvalue weighted by Gasteiger charge is 2.27. The highest BCUT2D eigenvalue weighted by molar-refractivity contribution is 5.76. The molecule has 0 spiro atoms. The molecule has 0 aromatic heterocycles. The lowest BCUT2D eigenvalue weighted by Gasteiger charge is -2.25. The number of rotatable bonds is 15. The number of esters is 1. The minimum absolute atomic E-state index is 0.00237. The van der Waals surface area contributed by atoms with Gasteiger partial charge in [-0.05, 0) is 88.3 Å². The fourth-order valence-corrected chi connectivity index (χ4v) is 4.14. The molecule has 0 heterocycles. The molecule has 3 atom stereocenters. The Kier molecular flexibility index (Phi) is 15.8. The van der Waals surface area contributed by atoms with Crippen molar-refractivity contribution in [3.05, 3.63) is 23.8 Å². The van der Waals surface area contributed by atoms with Crippen molar-refractivity contribution in [2.24, 2.45) is 17.6 Å². The van der Waals surface area contributed by atoms with E-state index >= 15 is 0 Å². The largest absolute Gasteiger partial charge is 0.513 e. The predicted molar refractivity (Wildman–Crippen MR) is 160 cm³/mol. The average Bonchev–Trinajstić information content (AvgIpc) is 2.94. The average molecular weight is 624 g/mol. The van der Waals surface area contributed by atoms with Crippen molar-refractivity contribution in [1.82, 2.24) is 0 Å². The highest BCUT2D eigenvalue weighted by atomic mass is 16.8. The lowest BCUT2D eigenvalue weighted by molar-refractivity contribution is -0.155. The SMILES string of the molecule is CC(C)CCOC(=O)Oc1ccc(C[C@H](N)C(=O)O[C@@H](C)[C@H](C)OC(=O)OC2CCCCC2)cc1OC(=O)OCCC(C)C. The van der Waals surface area contributed by atoms with Gasteiger partial charge in [0.1, 0.15) is 24.4 Å². The summed E-state index contributed by atoms with van der Waals surface area (Å²) in [4.78, 5) is 49.5. The Hall–Kier alpha value is -3.54. The lowest BCUT2D eigenvalue weighted by atomic mass is 9.98. The van der Waals surface area contributed by atoms with Gasteiger partial charge in [-0.2, -0.15) is 0 Å². The fourth-order valence-electron chi connectivity index (χ4n) is 4.14. The van der Waals surface area contributed by atoms with Gasteiger partial charge in [0.15, 0.2) is 11.5 Å². The molecule has 1 saturated carbocycles. The summed E-state index contributed by atoms with van der Waals surface area (Å²) < 4.78 is 36.9. The maximum Gasteiger partial charge on any atom is 0.513 e. The predicted octanol–water partition coefficient (Wildman–Crippen LogP) is 6.49. The molecule has 1 aromatic rings. The van der Waals surface area contributed by atoms with E-state index in [1.54, 1.807) is 19.9 Å². The summed E-state index contributed by atoms with van der Waals surface area (Å²) >= 11 is 0. The smallest absolute Gasteiger partial charge is 0.458 e. The first kappa shape index (κ1) is 36.7. The maximum atomic E-state index is 12.8. The maximum absolute atomic E-state index is 12.8. The molecule has 44 heavy (non-hydrogen) atoms. The van der Waals surface area contributed by atoms with Crippen LogP contribution < -0.4 is 15.2 Å². The summed E-state index contributed by atoms with van der Waals surface area (Å²) in [5.41, 5.74) is 6.61. The summed E-state index contributed by atoms with van der Waals surface area (Å²) in [6.07, 6.45) is 1.63. The Morgan fingerprint density at radius 3 is 1.86 bits per heavy atom. The second kappa shape index (κ2) is 19.0. The molecule has 2 rings (SSSR count). The van der Waals surface area contributed by atoms with Gasteiger partial charge in [0.2, 0.25) is 0 Å². The lowest BCUT2D eigenvalue weighted by Crippen LogP contribution is -2.39. The van der Waals surface area contributed by atoms with Gasteiger partial charge in [-0.15, -0.1) is 0 Å². The highest BCUT2D eigenvalue weighted by Crippen LogP contribution is 2.30. The van der Waals surface area contributed by atoms with Crippen LogP contribution in [0.2, 0.25) is 0 Å². The Morgan fingerprint density at radius 2 is 1.30 bits per heavy atom. The minimum atomic E-state index is -1.10. The standard InChI is InChI=1S/C32H49NO11/c1-20(2)14-16-38-30(35)43-27-13-12-24(19-28(27)44-31(36)39-17-15-21(3)4)18-26(33)29(34)40-22(5)23(6)41-32(37)42-25-10-8-7-9-11-25/h12-13,19-23,25-26H,7-11,14-18,33H2,1-6H3/t22-,23-,26-/m0/s1. The molecule has 0 unspecified atom stereocenters. The second-order valence-corrected chi connectivity index (χ2v) is 12.0. The molecule has 1 fully saturated rings. The molecule has 0 amide bonds. The van der Waals surface area contributed by atoms with Crippen LogP contribution in [-0.4, -0.2) is 62.0 Å². The fraction of sp³-hybridized carbons (Fsp3) is 0.688. The molecule has 12 heteroatoms. The van der Waals surface area contributed by atoms with Gasteiger partial charge < -0.3 is 38.9 Å². The van der Waals surface area contributed by atoms with Crippen LogP contribution >= 0.6 is 0 Å². The van der Waals surface area contributed by atoms with Crippen LogP contribution in [-0.2, 0) is 34.9 Å². The van der Waals surface area contributed by atoms with E-state index in [1.807, 2.05) is 27.7 Å². The number of nitrogens with two attached hydrogens (primary N) is 1. The molecule has 248 valence electrons. The number of carbonyl (C=O) groups is 4. The van der Waals surface area contributed by atoms with E-state index in [2.05, 4.69) is 0 Å². The van der Waals surface area contributed by atoms with E-state index in [0.29, 0.717) is 30.2 Å². The van der Waals surface area contributed by atoms with Crippen LogP contribution in [0.15, 0.2) is 18.2 Å². The van der Waals surface area contributed by atoms with E-state index in [0.717, 1.165) is 32.1 Å². The Labute approximate surface area is 260 Å². The van der Waals surface area contributed by atoms with Crippen LogP contribution in [0, 0.1) is 11.8 Å². The van der Waals surface area contributed by atoms with Crippen LogP contribution in [0.1, 0.15) is 92.1 Å². The molecular weight excluding hydrogens is 574 g/mol. The zero-order chi connectivity index (χ0) is 32.6. The molecule has 0 radical (unpaired) electrons. The van der Waals surface area contributed by atoms with Gasteiger partial charge in [0.05, 0.1) is 13.2 Å². The first-order valence-corrected chi connectivity index (χ1v) is 15.5. The van der Waals surface area contributed by atoms with E-state index in [4.69, 9.17) is 38.9 Å². The quantitative estimate of drug-likeness (QED) is 0.129. The van der Waals surface area contributed by atoms with Crippen molar-refractivity contribution >= 4 is 24.4 Å². The van der Waals surface area contributed by atoms with Crippen molar-refractivity contribution in [3.8, 4) is 11.5 Å². The summed E-state index contributed by atoms with van der Waals surface area (Å²) in [7, 11) is 0. The Bertz CT molecular complexity index is 1070. The third-order valence-corrected chi connectivity index (χ3v) is 7.04. The van der Waals surface area contributed by atoms with Gasteiger partial charge in [-0.3, -0.25) is 4.79 Å². The molecule has 1 aliphatic carbocycles. The van der Waals surface area contributed by atoms with Gasteiger partial charge in [-0.1, -0.05) is 40.2 Å². The number of carbonyl (C=O) groups excluding carboxylic acids is 4. The van der Waals surface area contributed by atoms with Gasteiger partial charge in [0.25, 0.3) is 0 Å². The van der Waals surface area contributed by atoms with E-state index in [9.17, 15) is 19.2 Å². The molecule has 12 nitrogen and oxygen atoms in total. The molecule has 0 aliphatic heterocycles. The molecule has 0 bridgehead atoms. The van der Waals surface area contributed by atoms with Gasteiger partial charge in [-0.25, -0.2) is 14.4 Å². The summed E-state index contributed by atoms with van der Waals surface area (Å²) in [5.74, 6) is -0.248. The second-order valence-electron chi connectivity index (χ2n) is 12.0. The van der Waals surface area contributed by atoms with Crippen LogP contribution in [0.25, 0.3) is 0 Å². The number of benzene rings is 1. The van der Waals surface area contributed by atoms with Crippen LogP contribution in [0.5, 0.6) is 11.5 Å². The van der Waals surface area contributed by atoms with Crippen LogP contribution in [0.4, 0.5) is 14.4 Å². The van der Waals surface area contributed by atoms with E-state index in [-0.39, 0.29) is 37.2 Å². The van der Waals surface area contributed by atoms with E-state index in [1.165, 1.54) is 12.1 Å². The molecular formula is C32H49NO11. The number of ether oxygens (including phenoxy) is 7. The summed E-state index contributed by atoms with van der Waals surface area (Å²) in [5, 5.41) is 0. The first-order chi connectivity index (χ1) is 20.8. The van der Waals surface area contributed by atoms with Crippen molar-refractivity contribution in [2.45, 2.75) is 117 Å². The number of hydrogen-bond acceptors (Lipinski definition) is 12. The molecule has 1 aliphatic rings. The molecule has 2 N–H and O–H groups in total. The van der Waals surface area contributed by atoms with Crippen molar-refractivity contribution < 1.29 is 52.3 Å². The van der Waals surface area contributed by atoms with Gasteiger partial charge in [0, 0.05) is 0 Å². The topological polar surface area (TPSA) is 159 Å². The van der Waals surface area contributed by atoms with Crippen molar-refractivity contribution in [3.63, 3.8) is 0 Å². The summed E-state index contributed by atoms with van der Waals surface area (Å²) in [6.45, 7) is 11.5. The molecule has 0 saturated heterocycles. The third kappa shape index (κ3) is 14.3. The minimum Gasteiger partial charge on any atom is -0.458 e. The Balaban J connectivity index is 1.99. The zero-order valence-corrected chi connectivity index (χ0v) is 26.8. The van der Waals surface area contributed by atoms with Gasteiger partial charge >= 0.3 is 24.4 Å². The van der Waals surface area contributed by atoms with Crippen molar-refractivity contribution in [2.75, 3.05) is 13.2 Å². The van der Waals surface area contributed by atoms with Crippen molar-refractivity contribution in [1.29, 1.82) is 0 Å².